The molecule has 1 aromatic carbocycles. The predicted octanol–water partition coefficient (Wildman–Crippen LogP) is 2.24. The summed E-state index contributed by atoms with van der Waals surface area (Å²) in [6, 6.07) is 5.94. The monoisotopic (exact) mass is 285 g/mol. The fourth-order valence-electron chi connectivity index (χ4n) is 2.25. The second kappa shape index (κ2) is 7.10. The first-order valence-electron chi connectivity index (χ1n) is 6.46. The van der Waals surface area contributed by atoms with Gasteiger partial charge in [-0.25, -0.2) is 0 Å². The number of rotatable bonds is 6. The number of halogens is 1. The minimum atomic E-state index is -0.109. The van der Waals surface area contributed by atoms with E-state index in [1.807, 2.05) is 25.2 Å². The highest BCUT2D eigenvalue weighted by Gasteiger charge is 2.21. The number of nitrogens with one attached hydrogen (secondary N) is 1. The smallest absolute Gasteiger partial charge is 0.159 e. The van der Waals surface area contributed by atoms with E-state index in [9.17, 15) is 0 Å². The van der Waals surface area contributed by atoms with Gasteiger partial charge in [0.15, 0.2) is 6.29 Å². The Labute approximate surface area is 119 Å². The van der Waals surface area contributed by atoms with Crippen LogP contribution in [0.4, 0.5) is 0 Å². The maximum atomic E-state index is 6.05. The van der Waals surface area contributed by atoms with Gasteiger partial charge in [-0.2, -0.15) is 0 Å². The Morgan fingerprint density at radius 2 is 2.16 bits per heavy atom. The van der Waals surface area contributed by atoms with Crippen LogP contribution >= 0.6 is 11.6 Å². The molecule has 0 aromatic heterocycles. The van der Waals surface area contributed by atoms with Crippen LogP contribution in [-0.4, -0.2) is 39.7 Å². The largest absolute Gasteiger partial charge is 0.496 e. The van der Waals surface area contributed by atoms with Crippen LogP contribution in [0.3, 0.4) is 0 Å². The van der Waals surface area contributed by atoms with Crippen LogP contribution in [0.25, 0.3) is 0 Å². The predicted molar refractivity (Wildman–Crippen MR) is 74.9 cm³/mol. The van der Waals surface area contributed by atoms with E-state index < -0.39 is 0 Å². The van der Waals surface area contributed by atoms with Crippen LogP contribution in [-0.2, 0) is 15.9 Å². The van der Waals surface area contributed by atoms with Gasteiger partial charge < -0.3 is 19.5 Å². The molecule has 1 unspecified atom stereocenters. The van der Waals surface area contributed by atoms with Crippen LogP contribution < -0.4 is 10.1 Å². The van der Waals surface area contributed by atoms with Crippen molar-refractivity contribution in [1.82, 2.24) is 5.32 Å². The van der Waals surface area contributed by atoms with Crippen LogP contribution in [0.1, 0.15) is 12.0 Å². The summed E-state index contributed by atoms with van der Waals surface area (Å²) in [6.07, 6.45) is 1.53. The van der Waals surface area contributed by atoms with Gasteiger partial charge in [-0.1, -0.05) is 11.6 Å². The van der Waals surface area contributed by atoms with Crippen molar-refractivity contribution in [2.24, 2.45) is 0 Å². The summed E-state index contributed by atoms with van der Waals surface area (Å²) in [7, 11) is 3.61. The quantitative estimate of drug-likeness (QED) is 0.870. The maximum absolute atomic E-state index is 6.05. The molecule has 0 bridgehead atoms. The highest BCUT2D eigenvalue weighted by molar-refractivity contribution is 6.30. The van der Waals surface area contributed by atoms with Crippen LogP contribution in [0.15, 0.2) is 18.2 Å². The SMILES string of the molecule is CNC(Cc1cc(Cl)ccc1OC)CC1OCCO1. The van der Waals surface area contributed by atoms with E-state index in [2.05, 4.69) is 5.32 Å². The summed E-state index contributed by atoms with van der Waals surface area (Å²) < 4.78 is 16.3. The van der Waals surface area contributed by atoms with E-state index in [1.54, 1.807) is 7.11 Å². The molecule has 0 spiro atoms. The maximum Gasteiger partial charge on any atom is 0.159 e. The molecular formula is C14H20ClNO3. The van der Waals surface area contributed by atoms with Crippen molar-refractivity contribution in [3.8, 4) is 5.75 Å². The first-order valence-corrected chi connectivity index (χ1v) is 6.83. The number of ether oxygens (including phenoxy) is 3. The molecule has 2 rings (SSSR count). The molecular weight excluding hydrogens is 266 g/mol. The summed E-state index contributed by atoms with van der Waals surface area (Å²) in [5, 5.41) is 4.01. The van der Waals surface area contributed by atoms with E-state index in [0.717, 1.165) is 29.2 Å². The van der Waals surface area contributed by atoms with Gasteiger partial charge in [0.1, 0.15) is 5.75 Å². The molecule has 0 radical (unpaired) electrons. The lowest BCUT2D eigenvalue weighted by Crippen LogP contribution is -2.32. The topological polar surface area (TPSA) is 39.7 Å². The summed E-state index contributed by atoms with van der Waals surface area (Å²) in [5.41, 5.74) is 1.09. The lowest BCUT2D eigenvalue weighted by atomic mass is 10.0. The van der Waals surface area contributed by atoms with Gasteiger partial charge in [0.25, 0.3) is 0 Å². The molecule has 0 aliphatic carbocycles. The Bertz CT molecular complexity index is 408. The Balaban J connectivity index is 2.02. The average Bonchev–Trinajstić information content (AvgIpc) is 2.91. The molecule has 1 saturated heterocycles. The highest BCUT2D eigenvalue weighted by Crippen LogP contribution is 2.25. The van der Waals surface area contributed by atoms with Crippen molar-refractivity contribution >= 4 is 11.6 Å². The molecule has 1 atom stereocenters. The standard InChI is InChI=1S/C14H20ClNO3/c1-16-12(9-14-18-5-6-19-14)8-10-7-11(15)3-4-13(10)17-2/h3-4,7,12,14,16H,5-6,8-9H2,1-2H3. The van der Waals surface area contributed by atoms with Crippen molar-refractivity contribution in [3.05, 3.63) is 28.8 Å². The van der Waals surface area contributed by atoms with Gasteiger partial charge in [0.2, 0.25) is 0 Å². The van der Waals surface area contributed by atoms with Crippen LogP contribution in [0.5, 0.6) is 5.75 Å². The van der Waals surface area contributed by atoms with Crippen LogP contribution in [0.2, 0.25) is 5.02 Å². The Morgan fingerprint density at radius 3 is 2.79 bits per heavy atom. The molecule has 1 aliphatic heterocycles. The Morgan fingerprint density at radius 1 is 1.42 bits per heavy atom. The van der Waals surface area contributed by atoms with Gasteiger partial charge in [-0.15, -0.1) is 0 Å². The Hall–Kier alpha value is -0.810. The third kappa shape index (κ3) is 4.08. The van der Waals surface area contributed by atoms with E-state index in [4.69, 9.17) is 25.8 Å². The third-order valence-corrected chi connectivity index (χ3v) is 3.52. The summed E-state index contributed by atoms with van der Waals surface area (Å²) >= 11 is 6.05. The molecule has 1 fully saturated rings. The summed E-state index contributed by atoms with van der Waals surface area (Å²) in [4.78, 5) is 0. The fourth-order valence-corrected chi connectivity index (χ4v) is 2.45. The minimum absolute atomic E-state index is 0.109. The first kappa shape index (κ1) is 14.6. The fraction of sp³-hybridized carbons (Fsp3) is 0.571. The molecule has 0 saturated carbocycles. The van der Waals surface area contributed by atoms with Gasteiger partial charge >= 0.3 is 0 Å². The van der Waals surface area contributed by atoms with Crippen molar-refractivity contribution in [3.63, 3.8) is 0 Å². The third-order valence-electron chi connectivity index (χ3n) is 3.28. The van der Waals surface area contributed by atoms with E-state index >= 15 is 0 Å². The number of hydrogen-bond donors (Lipinski definition) is 1. The van der Waals surface area contributed by atoms with Crippen molar-refractivity contribution in [2.75, 3.05) is 27.4 Å². The van der Waals surface area contributed by atoms with E-state index in [0.29, 0.717) is 13.2 Å². The van der Waals surface area contributed by atoms with Crippen molar-refractivity contribution in [1.29, 1.82) is 0 Å². The first-order chi connectivity index (χ1) is 9.22. The molecule has 1 heterocycles. The average molecular weight is 286 g/mol. The number of benzene rings is 1. The minimum Gasteiger partial charge on any atom is -0.496 e. The number of likely N-dealkylation sites (N-methyl/N-ethyl adjacent to an activating group) is 1. The number of methoxy groups -OCH3 is 1. The normalized spacial score (nSPS) is 17.6. The summed E-state index contributed by atoms with van der Waals surface area (Å²) in [6.45, 7) is 1.36. The lowest BCUT2D eigenvalue weighted by molar-refractivity contribution is -0.0522. The number of hydrogen-bond acceptors (Lipinski definition) is 4. The van der Waals surface area contributed by atoms with Gasteiger partial charge in [-0.05, 0) is 37.2 Å². The molecule has 1 aromatic rings. The van der Waals surface area contributed by atoms with Gasteiger partial charge in [0.05, 0.1) is 20.3 Å². The zero-order valence-electron chi connectivity index (χ0n) is 11.3. The molecule has 4 nitrogen and oxygen atoms in total. The summed E-state index contributed by atoms with van der Waals surface area (Å²) in [5.74, 6) is 0.859. The van der Waals surface area contributed by atoms with Crippen molar-refractivity contribution < 1.29 is 14.2 Å². The molecule has 1 aliphatic rings. The highest BCUT2D eigenvalue weighted by atomic mass is 35.5. The molecule has 5 heteroatoms. The van der Waals surface area contributed by atoms with Crippen molar-refractivity contribution in [2.45, 2.75) is 25.2 Å². The zero-order valence-corrected chi connectivity index (χ0v) is 12.1. The second-order valence-electron chi connectivity index (χ2n) is 4.55. The Kier molecular flexibility index (Phi) is 5.45. The van der Waals surface area contributed by atoms with E-state index in [-0.39, 0.29) is 12.3 Å². The lowest BCUT2D eigenvalue weighted by Gasteiger charge is -2.20. The van der Waals surface area contributed by atoms with E-state index in [1.165, 1.54) is 0 Å². The van der Waals surface area contributed by atoms with Gasteiger partial charge in [0, 0.05) is 17.5 Å². The zero-order chi connectivity index (χ0) is 13.7. The molecule has 1 N–H and O–H groups in total. The molecule has 106 valence electrons. The van der Waals surface area contributed by atoms with Crippen LogP contribution in [0, 0.1) is 0 Å². The second-order valence-corrected chi connectivity index (χ2v) is 4.99. The molecule has 19 heavy (non-hydrogen) atoms. The van der Waals surface area contributed by atoms with Gasteiger partial charge in [-0.3, -0.25) is 0 Å². The molecule has 0 amide bonds.